The van der Waals surface area contributed by atoms with E-state index in [0.717, 1.165) is 10.5 Å². The van der Waals surface area contributed by atoms with Crippen LogP contribution in [0.25, 0.3) is 11.8 Å². The molecular weight excluding hydrogens is 372 g/mol. The SMILES string of the molecule is O=C1N/C(=C\c2cccn2-c2cccc([N+](=O)[O-])c2)C(=O)N1Cc1ccccc1. The molecule has 1 aliphatic heterocycles. The minimum Gasteiger partial charge on any atom is -0.317 e. The number of non-ortho nitro benzene ring substituents is 1. The van der Waals surface area contributed by atoms with Crippen LogP contribution in [0.4, 0.5) is 10.5 Å². The fourth-order valence-electron chi connectivity index (χ4n) is 3.13. The lowest BCUT2D eigenvalue weighted by Crippen LogP contribution is -2.30. The number of imide groups is 1. The fraction of sp³-hybridized carbons (Fsp3) is 0.0476. The Bertz CT molecular complexity index is 1130. The van der Waals surface area contributed by atoms with Gasteiger partial charge in [-0.05, 0) is 29.8 Å². The van der Waals surface area contributed by atoms with Crippen molar-refractivity contribution in [1.29, 1.82) is 0 Å². The van der Waals surface area contributed by atoms with Crippen molar-refractivity contribution < 1.29 is 14.5 Å². The van der Waals surface area contributed by atoms with Crippen LogP contribution in [0, 0.1) is 10.1 Å². The largest absolute Gasteiger partial charge is 0.329 e. The summed E-state index contributed by atoms with van der Waals surface area (Å²) < 4.78 is 1.71. The third-order valence-electron chi connectivity index (χ3n) is 4.54. The molecule has 1 saturated heterocycles. The number of carbonyl (C=O) groups excluding carboxylic acids is 2. The number of carbonyl (C=O) groups is 2. The van der Waals surface area contributed by atoms with Gasteiger partial charge >= 0.3 is 6.03 Å². The van der Waals surface area contributed by atoms with Crippen LogP contribution in [0.3, 0.4) is 0 Å². The first-order valence-electron chi connectivity index (χ1n) is 8.83. The molecule has 4 rings (SSSR count). The van der Waals surface area contributed by atoms with Gasteiger partial charge in [0.15, 0.2) is 0 Å². The summed E-state index contributed by atoms with van der Waals surface area (Å²) in [5.41, 5.74) is 2.15. The number of nitrogens with one attached hydrogen (secondary N) is 1. The van der Waals surface area contributed by atoms with Crippen LogP contribution in [0.2, 0.25) is 0 Å². The molecule has 2 heterocycles. The monoisotopic (exact) mass is 388 g/mol. The Balaban J connectivity index is 1.62. The Hall–Kier alpha value is -4.20. The van der Waals surface area contributed by atoms with Gasteiger partial charge in [0.2, 0.25) is 0 Å². The molecule has 0 aliphatic carbocycles. The van der Waals surface area contributed by atoms with E-state index in [1.807, 2.05) is 30.3 Å². The third-order valence-corrected chi connectivity index (χ3v) is 4.54. The number of benzene rings is 2. The molecule has 1 aliphatic rings. The number of nitro benzene ring substituents is 1. The minimum atomic E-state index is -0.487. The Kier molecular flexibility index (Phi) is 4.66. The molecule has 2 aromatic carbocycles. The molecule has 3 amide bonds. The lowest BCUT2D eigenvalue weighted by atomic mass is 10.2. The summed E-state index contributed by atoms with van der Waals surface area (Å²) in [7, 11) is 0. The van der Waals surface area contributed by atoms with Crippen LogP contribution in [-0.4, -0.2) is 26.3 Å². The highest BCUT2D eigenvalue weighted by molar-refractivity contribution is 6.13. The molecule has 0 spiro atoms. The van der Waals surface area contributed by atoms with Gasteiger partial charge in [0.05, 0.1) is 17.2 Å². The number of urea groups is 1. The van der Waals surface area contributed by atoms with E-state index < -0.39 is 16.9 Å². The Morgan fingerprint density at radius 2 is 1.79 bits per heavy atom. The third kappa shape index (κ3) is 3.63. The molecule has 29 heavy (non-hydrogen) atoms. The molecule has 0 unspecified atom stereocenters. The average molecular weight is 388 g/mol. The number of aromatic nitrogens is 1. The number of hydrogen-bond donors (Lipinski definition) is 1. The van der Waals surface area contributed by atoms with Gasteiger partial charge in [-0.3, -0.25) is 19.8 Å². The second-order valence-corrected chi connectivity index (χ2v) is 6.45. The highest BCUT2D eigenvalue weighted by Crippen LogP contribution is 2.22. The maximum absolute atomic E-state index is 12.7. The molecular formula is C21H16N4O4. The Morgan fingerprint density at radius 3 is 2.55 bits per heavy atom. The summed E-state index contributed by atoms with van der Waals surface area (Å²) in [5, 5.41) is 13.6. The second kappa shape index (κ2) is 7.43. The minimum absolute atomic E-state index is 0.0333. The van der Waals surface area contributed by atoms with Crippen LogP contribution in [-0.2, 0) is 11.3 Å². The maximum Gasteiger partial charge on any atom is 0.329 e. The lowest BCUT2D eigenvalue weighted by Gasteiger charge is -2.11. The zero-order valence-corrected chi connectivity index (χ0v) is 15.2. The van der Waals surface area contributed by atoms with Crippen molar-refractivity contribution in [2.75, 3.05) is 0 Å². The van der Waals surface area contributed by atoms with Crippen molar-refractivity contribution in [2.45, 2.75) is 6.54 Å². The van der Waals surface area contributed by atoms with Gasteiger partial charge < -0.3 is 9.88 Å². The predicted molar refractivity (Wildman–Crippen MR) is 106 cm³/mol. The number of nitrogens with zero attached hydrogens (tertiary/aromatic N) is 3. The van der Waals surface area contributed by atoms with Crippen LogP contribution in [0.1, 0.15) is 11.3 Å². The van der Waals surface area contributed by atoms with Crippen LogP contribution in [0.15, 0.2) is 78.6 Å². The quantitative estimate of drug-likeness (QED) is 0.313. The number of nitro groups is 1. The van der Waals surface area contributed by atoms with Gasteiger partial charge in [0.1, 0.15) is 5.70 Å². The molecule has 0 saturated carbocycles. The van der Waals surface area contributed by atoms with Gasteiger partial charge in [0, 0.05) is 24.0 Å². The smallest absolute Gasteiger partial charge is 0.317 e. The second-order valence-electron chi connectivity index (χ2n) is 6.45. The van der Waals surface area contributed by atoms with Crippen molar-refractivity contribution in [3.05, 3.63) is 100.0 Å². The van der Waals surface area contributed by atoms with Crippen molar-refractivity contribution in [3.63, 3.8) is 0 Å². The van der Waals surface area contributed by atoms with E-state index in [4.69, 9.17) is 0 Å². The lowest BCUT2D eigenvalue weighted by molar-refractivity contribution is -0.384. The first kappa shape index (κ1) is 18.2. The first-order valence-corrected chi connectivity index (χ1v) is 8.83. The van der Waals surface area contributed by atoms with Crippen molar-refractivity contribution in [3.8, 4) is 5.69 Å². The Morgan fingerprint density at radius 1 is 1.00 bits per heavy atom. The Labute approximate surface area is 165 Å². The molecule has 0 atom stereocenters. The van der Waals surface area contributed by atoms with E-state index in [9.17, 15) is 19.7 Å². The predicted octanol–water partition coefficient (Wildman–Crippen LogP) is 3.48. The molecule has 1 N–H and O–H groups in total. The van der Waals surface area contributed by atoms with Gasteiger partial charge in [-0.1, -0.05) is 36.4 Å². The first-order chi connectivity index (χ1) is 14.0. The van der Waals surface area contributed by atoms with Crippen molar-refractivity contribution in [2.24, 2.45) is 0 Å². The van der Waals surface area contributed by atoms with E-state index in [-0.39, 0.29) is 17.9 Å². The molecule has 0 bridgehead atoms. The molecule has 8 heteroatoms. The zero-order valence-electron chi connectivity index (χ0n) is 15.2. The molecule has 8 nitrogen and oxygen atoms in total. The van der Waals surface area contributed by atoms with Crippen LogP contribution < -0.4 is 5.32 Å². The molecule has 1 aromatic heterocycles. The van der Waals surface area contributed by atoms with Crippen molar-refractivity contribution >= 4 is 23.7 Å². The summed E-state index contributed by atoms with van der Waals surface area (Å²) >= 11 is 0. The summed E-state index contributed by atoms with van der Waals surface area (Å²) in [5.74, 6) is -0.425. The number of amides is 3. The summed E-state index contributed by atoms with van der Waals surface area (Å²) in [6.45, 7) is 0.175. The summed E-state index contributed by atoms with van der Waals surface area (Å²) in [6, 6.07) is 18.4. The molecule has 0 radical (unpaired) electrons. The normalized spacial score (nSPS) is 15.0. The van der Waals surface area contributed by atoms with Crippen LogP contribution in [0.5, 0.6) is 0 Å². The highest BCUT2D eigenvalue weighted by atomic mass is 16.6. The number of rotatable bonds is 5. The van der Waals surface area contributed by atoms with Gasteiger partial charge in [0.25, 0.3) is 11.6 Å². The zero-order chi connectivity index (χ0) is 20.4. The topological polar surface area (TPSA) is 97.5 Å². The molecule has 144 valence electrons. The van der Waals surface area contributed by atoms with E-state index >= 15 is 0 Å². The van der Waals surface area contributed by atoms with E-state index in [1.165, 1.54) is 12.1 Å². The average Bonchev–Trinajstić information content (AvgIpc) is 3.29. The number of hydrogen-bond acceptors (Lipinski definition) is 4. The fourth-order valence-corrected chi connectivity index (χ4v) is 3.13. The summed E-state index contributed by atoms with van der Waals surface area (Å²) in [6.07, 6.45) is 3.29. The van der Waals surface area contributed by atoms with Crippen molar-refractivity contribution in [1.82, 2.24) is 14.8 Å². The maximum atomic E-state index is 12.7. The van der Waals surface area contributed by atoms with E-state index in [2.05, 4.69) is 5.32 Å². The standard InChI is InChI=1S/C21H16N4O4/c26-20-19(22-21(27)24(20)14-15-6-2-1-3-7-15)13-17-10-5-11-23(17)16-8-4-9-18(12-16)25(28)29/h1-13H,14H2,(H,22,27)/b19-13-. The van der Waals surface area contributed by atoms with E-state index in [1.54, 1.807) is 41.1 Å². The molecule has 1 fully saturated rings. The van der Waals surface area contributed by atoms with Gasteiger partial charge in [-0.15, -0.1) is 0 Å². The highest BCUT2D eigenvalue weighted by Gasteiger charge is 2.33. The van der Waals surface area contributed by atoms with Crippen LogP contribution >= 0.6 is 0 Å². The summed E-state index contributed by atoms with van der Waals surface area (Å²) in [4.78, 5) is 36.7. The van der Waals surface area contributed by atoms with Gasteiger partial charge in [-0.25, -0.2) is 4.79 Å². The molecule has 3 aromatic rings. The van der Waals surface area contributed by atoms with E-state index in [0.29, 0.717) is 11.4 Å². The van der Waals surface area contributed by atoms with Gasteiger partial charge in [-0.2, -0.15) is 0 Å².